The number of benzene rings is 2. The Morgan fingerprint density at radius 3 is 1.82 bits per heavy atom. The molecule has 4 fully saturated rings. The number of piperidine rings is 4. The van der Waals surface area contributed by atoms with E-state index in [0.29, 0.717) is 49.4 Å². The van der Waals surface area contributed by atoms with Crippen LogP contribution in [-0.2, 0) is 19.2 Å². The van der Waals surface area contributed by atoms with Gasteiger partial charge in [0.1, 0.15) is 12.1 Å². The Kier molecular flexibility index (Phi) is 11.0. The van der Waals surface area contributed by atoms with Gasteiger partial charge in [-0.15, -0.1) is 0 Å². The van der Waals surface area contributed by atoms with Crippen LogP contribution in [0, 0.1) is 11.3 Å². The van der Waals surface area contributed by atoms with Gasteiger partial charge in [0.05, 0.1) is 12.5 Å². The van der Waals surface area contributed by atoms with Gasteiger partial charge in [0.15, 0.2) is 0 Å². The molecule has 6 rings (SSSR count). The predicted molar refractivity (Wildman–Crippen MR) is 194 cm³/mol. The molecule has 276 valence electrons. The maximum absolute atomic E-state index is 15.6. The number of hydrogen-bond donors (Lipinski definition) is 4. The second-order valence-electron chi connectivity index (χ2n) is 15.7. The van der Waals surface area contributed by atoms with Crippen LogP contribution in [0.1, 0.15) is 90.0 Å². The molecular formula is C39H52F2N6O4. The number of rotatable bonds is 11. The third kappa shape index (κ3) is 8.88. The van der Waals surface area contributed by atoms with Gasteiger partial charge in [0.2, 0.25) is 23.6 Å². The Bertz CT molecular complexity index is 1570. The van der Waals surface area contributed by atoms with Crippen molar-refractivity contribution in [1.82, 2.24) is 15.5 Å². The van der Waals surface area contributed by atoms with Gasteiger partial charge in [-0.05, 0) is 112 Å². The monoisotopic (exact) mass is 706 g/mol. The van der Waals surface area contributed by atoms with E-state index in [-0.39, 0.29) is 48.1 Å². The lowest BCUT2D eigenvalue weighted by atomic mass is 9.70. The summed E-state index contributed by atoms with van der Waals surface area (Å²) < 4.78 is 31.3. The summed E-state index contributed by atoms with van der Waals surface area (Å²) in [5.74, 6) is -4.30. The number of halogens is 2. The number of anilines is 3. The number of likely N-dealkylation sites (tertiary alicyclic amines) is 1. The minimum atomic E-state index is -2.85. The molecule has 4 aliphatic rings. The van der Waals surface area contributed by atoms with E-state index in [1.807, 2.05) is 17.0 Å². The summed E-state index contributed by atoms with van der Waals surface area (Å²) >= 11 is 0. The quantitative estimate of drug-likeness (QED) is 0.221. The predicted octanol–water partition coefficient (Wildman–Crippen LogP) is 5.66. The van der Waals surface area contributed by atoms with Gasteiger partial charge in [0.25, 0.3) is 5.92 Å². The van der Waals surface area contributed by atoms with Crippen molar-refractivity contribution in [1.29, 1.82) is 0 Å². The average Bonchev–Trinajstić information content (AvgIpc) is 3.10. The van der Waals surface area contributed by atoms with Crippen LogP contribution in [0.25, 0.3) is 0 Å². The van der Waals surface area contributed by atoms with Gasteiger partial charge in [-0.25, -0.2) is 8.78 Å². The molecule has 2 aromatic carbocycles. The standard InChI is InChI=1S/C39H52F2N6O4/c1-25(47-23-19-31(39(40,41)24-47)26-4-6-28(7-5-26)42-32-12-14-34(48)44-36(32)50)16-20-38(2,3)27-17-21-46(22-18-27)30-10-8-29(9-11-30)43-33-13-15-35(49)45-37(33)51/h4-11,25,27,31-33,42-43H,12-24H2,1-3H3,(H,44,48,50)(H,45,49,51). The summed E-state index contributed by atoms with van der Waals surface area (Å²) in [7, 11) is 0. The molecule has 4 amide bonds. The highest BCUT2D eigenvalue weighted by atomic mass is 19.3. The number of amides is 4. The SMILES string of the molecule is CC(CCC(C)(C)C1CCN(c2ccc(NC3CCC(=O)NC3=O)cc2)CC1)N1CCC(c2ccc(NC3CCC(=O)NC3=O)cc2)C(F)(F)C1. The zero-order chi connectivity index (χ0) is 36.3. The highest BCUT2D eigenvalue weighted by Gasteiger charge is 2.46. The molecule has 0 radical (unpaired) electrons. The van der Waals surface area contributed by atoms with Gasteiger partial charge in [-0.1, -0.05) is 26.0 Å². The van der Waals surface area contributed by atoms with Crippen molar-refractivity contribution < 1.29 is 28.0 Å². The van der Waals surface area contributed by atoms with Gasteiger partial charge in [0, 0.05) is 49.0 Å². The molecule has 4 unspecified atom stereocenters. The van der Waals surface area contributed by atoms with Crippen molar-refractivity contribution >= 4 is 40.7 Å². The van der Waals surface area contributed by atoms with E-state index >= 15 is 8.78 Å². The molecule has 12 heteroatoms. The molecule has 51 heavy (non-hydrogen) atoms. The smallest absolute Gasteiger partial charge is 0.267 e. The fraction of sp³-hybridized carbons (Fsp3) is 0.590. The second kappa shape index (κ2) is 15.3. The third-order valence-corrected chi connectivity index (χ3v) is 11.8. The summed E-state index contributed by atoms with van der Waals surface area (Å²) in [4.78, 5) is 51.4. The molecule has 0 aromatic heterocycles. The normalized spacial score (nSPS) is 25.6. The largest absolute Gasteiger partial charge is 0.374 e. The molecular weight excluding hydrogens is 654 g/mol. The Morgan fingerprint density at radius 2 is 1.31 bits per heavy atom. The highest BCUT2D eigenvalue weighted by molar-refractivity contribution is 6.02. The summed E-state index contributed by atoms with van der Waals surface area (Å²) in [6, 6.07) is 14.2. The number of hydrogen-bond acceptors (Lipinski definition) is 8. The van der Waals surface area contributed by atoms with Crippen LogP contribution in [0.4, 0.5) is 25.8 Å². The van der Waals surface area contributed by atoms with Crippen LogP contribution in [0.5, 0.6) is 0 Å². The molecule has 0 bridgehead atoms. The summed E-state index contributed by atoms with van der Waals surface area (Å²) in [6.45, 7) is 9.02. The fourth-order valence-corrected chi connectivity index (χ4v) is 8.28. The van der Waals surface area contributed by atoms with Crippen LogP contribution < -0.4 is 26.2 Å². The van der Waals surface area contributed by atoms with E-state index in [1.54, 1.807) is 24.3 Å². The molecule has 4 atom stereocenters. The van der Waals surface area contributed by atoms with Crippen LogP contribution in [0.3, 0.4) is 0 Å². The van der Waals surface area contributed by atoms with Gasteiger partial charge < -0.3 is 15.5 Å². The zero-order valence-electron chi connectivity index (χ0n) is 30.0. The molecule has 0 saturated carbocycles. The van der Waals surface area contributed by atoms with Crippen LogP contribution in [-0.4, -0.2) is 78.8 Å². The van der Waals surface area contributed by atoms with Crippen molar-refractivity contribution in [2.24, 2.45) is 11.3 Å². The van der Waals surface area contributed by atoms with Crippen molar-refractivity contribution in [3.05, 3.63) is 54.1 Å². The molecule has 4 N–H and O–H groups in total. The Balaban J connectivity index is 0.941. The van der Waals surface area contributed by atoms with Crippen molar-refractivity contribution in [3.63, 3.8) is 0 Å². The number of carbonyl (C=O) groups excluding carboxylic acids is 4. The number of carbonyl (C=O) groups is 4. The van der Waals surface area contributed by atoms with Gasteiger partial charge in [-0.2, -0.15) is 0 Å². The summed E-state index contributed by atoms with van der Waals surface area (Å²) in [5, 5.41) is 11.1. The number of nitrogens with zero attached hydrogens (tertiary/aromatic N) is 2. The molecule has 10 nitrogen and oxygen atoms in total. The van der Waals surface area contributed by atoms with Crippen LogP contribution >= 0.6 is 0 Å². The van der Waals surface area contributed by atoms with E-state index in [4.69, 9.17) is 0 Å². The maximum atomic E-state index is 15.6. The maximum Gasteiger partial charge on any atom is 0.267 e. The number of nitrogens with one attached hydrogen (secondary N) is 4. The number of imide groups is 2. The molecule has 4 saturated heterocycles. The van der Waals surface area contributed by atoms with E-state index in [1.165, 1.54) is 0 Å². The molecule has 4 aliphatic heterocycles. The lowest BCUT2D eigenvalue weighted by molar-refractivity contribution is -0.135. The van der Waals surface area contributed by atoms with Crippen LogP contribution in [0.15, 0.2) is 48.5 Å². The summed E-state index contributed by atoms with van der Waals surface area (Å²) in [6.07, 6.45) is 5.89. The van der Waals surface area contributed by atoms with E-state index in [2.05, 4.69) is 59.1 Å². The number of alkyl halides is 2. The second-order valence-corrected chi connectivity index (χ2v) is 15.7. The lowest BCUT2D eigenvalue weighted by Gasteiger charge is -2.44. The first-order valence-corrected chi connectivity index (χ1v) is 18.5. The van der Waals surface area contributed by atoms with Crippen LogP contribution in [0.2, 0.25) is 0 Å². The molecule has 2 aromatic rings. The first kappa shape index (κ1) is 36.7. The van der Waals surface area contributed by atoms with E-state index < -0.39 is 23.9 Å². The van der Waals surface area contributed by atoms with Crippen molar-refractivity contribution in [2.75, 3.05) is 41.7 Å². The first-order chi connectivity index (χ1) is 24.3. The van der Waals surface area contributed by atoms with Gasteiger partial charge >= 0.3 is 0 Å². The lowest BCUT2D eigenvalue weighted by Crippen LogP contribution is -2.50. The molecule has 0 aliphatic carbocycles. The minimum Gasteiger partial charge on any atom is -0.374 e. The van der Waals surface area contributed by atoms with Crippen molar-refractivity contribution in [3.8, 4) is 0 Å². The van der Waals surface area contributed by atoms with Crippen molar-refractivity contribution in [2.45, 2.75) is 109 Å². The summed E-state index contributed by atoms with van der Waals surface area (Å²) in [5.41, 5.74) is 3.38. The molecule has 4 heterocycles. The zero-order valence-corrected chi connectivity index (χ0v) is 30.0. The average molecular weight is 707 g/mol. The topological polar surface area (TPSA) is 123 Å². The molecule has 0 spiro atoms. The van der Waals surface area contributed by atoms with Gasteiger partial charge in [-0.3, -0.25) is 34.7 Å². The van der Waals surface area contributed by atoms with E-state index in [9.17, 15) is 19.2 Å². The minimum absolute atomic E-state index is 0.0589. The Morgan fingerprint density at radius 1 is 0.784 bits per heavy atom. The van der Waals surface area contributed by atoms with E-state index in [0.717, 1.165) is 50.1 Å². The Hall–Kier alpha value is -4.06. The third-order valence-electron chi connectivity index (χ3n) is 11.8. The Labute approximate surface area is 299 Å². The fourth-order valence-electron chi connectivity index (χ4n) is 8.28. The highest BCUT2D eigenvalue weighted by Crippen LogP contribution is 2.43. The first-order valence-electron chi connectivity index (χ1n) is 18.5.